The minimum absolute atomic E-state index is 0.288. The monoisotopic (exact) mass is 377 g/mol. The number of nitrogens with zero attached hydrogens (tertiary/aromatic N) is 1. The summed E-state index contributed by atoms with van der Waals surface area (Å²) in [7, 11) is 1.63. The van der Waals surface area contributed by atoms with Crippen molar-refractivity contribution in [3.63, 3.8) is 0 Å². The van der Waals surface area contributed by atoms with Crippen molar-refractivity contribution in [1.29, 1.82) is 0 Å². The molecule has 2 amide bonds. The Morgan fingerprint density at radius 3 is 2.71 bits per heavy atom. The number of imide groups is 1. The van der Waals surface area contributed by atoms with Crippen LogP contribution < -0.4 is 4.74 Å². The maximum Gasteiger partial charge on any atom is 0.268 e. The number of carbonyl (C=O) groups is 2. The summed E-state index contributed by atoms with van der Waals surface area (Å²) < 4.78 is 5.38. The van der Waals surface area contributed by atoms with Crippen molar-refractivity contribution >= 4 is 17.9 Å². The second-order valence-corrected chi connectivity index (χ2v) is 7.45. The van der Waals surface area contributed by atoms with Crippen LogP contribution in [0, 0.1) is 31.6 Å². The highest BCUT2D eigenvalue weighted by atomic mass is 16.5. The first-order chi connectivity index (χ1) is 13.5. The second kappa shape index (κ2) is 8.93. The normalized spacial score (nSPS) is 17.5. The van der Waals surface area contributed by atoms with E-state index >= 15 is 0 Å². The largest absolute Gasteiger partial charge is 0.496 e. The van der Waals surface area contributed by atoms with Gasteiger partial charge in [0.2, 0.25) is 0 Å². The zero-order valence-corrected chi connectivity index (χ0v) is 16.9. The molecule has 0 aromatic heterocycles. The number of amides is 2. The molecule has 1 aromatic carbocycles. The summed E-state index contributed by atoms with van der Waals surface area (Å²) in [5.41, 5.74) is 3.49. The summed E-state index contributed by atoms with van der Waals surface area (Å²) >= 11 is 0. The predicted octanol–water partition coefficient (Wildman–Crippen LogP) is 4.20. The van der Waals surface area contributed by atoms with Crippen molar-refractivity contribution in [2.45, 2.75) is 46.0 Å². The third-order valence-corrected chi connectivity index (χ3v) is 5.49. The van der Waals surface area contributed by atoms with Crippen LogP contribution in [0.15, 0.2) is 29.9 Å². The topological polar surface area (TPSA) is 46.6 Å². The molecule has 0 unspecified atom stereocenters. The maximum atomic E-state index is 12.7. The average Bonchev–Trinajstić information content (AvgIpc) is 3.21. The van der Waals surface area contributed by atoms with Gasteiger partial charge in [-0.3, -0.25) is 14.5 Å². The Kier molecular flexibility index (Phi) is 6.36. The lowest BCUT2D eigenvalue weighted by atomic mass is 10.0. The van der Waals surface area contributed by atoms with Gasteiger partial charge in [0.25, 0.3) is 11.8 Å². The van der Waals surface area contributed by atoms with Crippen molar-refractivity contribution in [3.8, 4) is 17.6 Å². The Labute approximate surface area is 167 Å². The Bertz CT molecular complexity index is 892. The molecule has 2 aliphatic rings. The highest BCUT2D eigenvalue weighted by Crippen LogP contribution is 2.25. The number of ether oxygens (including phenoxy) is 1. The van der Waals surface area contributed by atoms with E-state index < -0.39 is 0 Å². The van der Waals surface area contributed by atoms with Crippen molar-refractivity contribution in [2.24, 2.45) is 5.92 Å². The summed E-state index contributed by atoms with van der Waals surface area (Å²) in [5, 5.41) is 0. The third-order valence-electron chi connectivity index (χ3n) is 5.49. The summed E-state index contributed by atoms with van der Waals surface area (Å²) in [6, 6.07) is 3.89. The summed E-state index contributed by atoms with van der Waals surface area (Å²) in [6.45, 7) is 4.40. The van der Waals surface area contributed by atoms with Gasteiger partial charge in [-0.1, -0.05) is 36.8 Å². The van der Waals surface area contributed by atoms with E-state index in [-0.39, 0.29) is 11.8 Å². The quantitative estimate of drug-likeness (QED) is 0.586. The summed E-state index contributed by atoms with van der Waals surface area (Å²) in [5.74, 6) is 6.82. The van der Waals surface area contributed by atoms with Gasteiger partial charge in [0, 0.05) is 18.5 Å². The fraction of sp³-hybridized carbons (Fsp3) is 0.417. The van der Waals surface area contributed by atoms with Crippen LogP contribution in [0.2, 0.25) is 0 Å². The average molecular weight is 377 g/mol. The minimum atomic E-state index is -0.310. The van der Waals surface area contributed by atoms with Gasteiger partial charge in [-0.25, -0.2) is 0 Å². The first kappa shape index (κ1) is 19.9. The summed E-state index contributed by atoms with van der Waals surface area (Å²) in [4.78, 5) is 26.6. The van der Waals surface area contributed by atoms with Gasteiger partial charge in [-0.2, -0.15) is 0 Å². The number of hydrogen-bond donors (Lipinski definition) is 0. The van der Waals surface area contributed by atoms with Crippen LogP contribution >= 0.6 is 0 Å². The fourth-order valence-corrected chi connectivity index (χ4v) is 3.66. The van der Waals surface area contributed by atoms with Gasteiger partial charge in [0.1, 0.15) is 5.75 Å². The van der Waals surface area contributed by atoms with Crippen LogP contribution in [-0.4, -0.2) is 30.4 Å². The molecule has 3 rings (SSSR count). The molecule has 1 heterocycles. The zero-order valence-electron chi connectivity index (χ0n) is 16.9. The van der Waals surface area contributed by atoms with E-state index in [1.807, 2.05) is 32.1 Å². The van der Waals surface area contributed by atoms with E-state index in [1.165, 1.54) is 23.8 Å². The molecule has 1 saturated carbocycles. The van der Waals surface area contributed by atoms with Gasteiger partial charge in [-0.15, -0.1) is 0 Å². The van der Waals surface area contributed by atoms with Crippen molar-refractivity contribution in [1.82, 2.24) is 4.90 Å². The molecule has 1 aromatic rings. The first-order valence-electron chi connectivity index (χ1n) is 9.90. The lowest BCUT2D eigenvalue weighted by Crippen LogP contribution is -2.39. The highest BCUT2D eigenvalue weighted by Gasteiger charge is 2.25. The first-order valence-corrected chi connectivity index (χ1v) is 9.90. The molecule has 0 atom stereocenters. The van der Waals surface area contributed by atoms with Gasteiger partial charge < -0.3 is 4.74 Å². The molecule has 0 radical (unpaired) electrons. The smallest absolute Gasteiger partial charge is 0.268 e. The van der Waals surface area contributed by atoms with E-state index in [9.17, 15) is 9.59 Å². The van der Waals surface area contributed by atoms with E-state index in [0.29, 0.717) is 24.5 Å². The second-order valence-electron chi connectivity index (χ2n) is 7.45. The number of benzene rings is 1. The number of rotatable bonds is 3. The highest BCUT2D eigenvalue weighted by molar-refractivity contribution is 6.11. The van der Waals surface area contributed by atoms with E-state index in [2.05, 4.69) is 11.8 Å². The molecule has 1 fully saturated rings. The fourth-order valence-electron chi connectivity index (χ4n) is 3.66. The van der Waals surface area contributed by atoms with Crippen LogP contribution in [0.3, 0.4) is 0 Å². The SMILES string of the molecule is COc1cc(/C=C/C(=O)N2CCC=C(C#CC3CCCC3)C2=O)cc(C)c1C. The molecule has 0 bridgehead atoms. The number of carbonyl (C=O) groups excluding carboxylic acids is 2. The molecule has 4 heteroatoms. The Morgan fingerprint density at radius 1 is 1.25 bits per heavy atom. The standard InChI is InChI=1S/C24H27NO3/c1-17-15-20(16-22(28-3)18(17)2)11-13-23(26)25-14-6-9-21(24(25)27)12-10-19-7-4-5-8-19/h9,11,13,15-16,19H,4-8,14H2,1-3H3/b13-11+. The van der Waals surface area contributed by atoms with Crippen molar-refractivity contribution in [3.05, 3.63) is 46.5 Å². The molecule has 0 N–H and O–H groups in total. The number of hydrogen-bond acceptors (Lipinski definition) is 3. The van der Waals surface area contributed by atoms with Crippen molar-refractivity contribution < 1.29 is 14.3 Å². The zero-order chi connectivity index (χ0) is 20.1. The lowest BCUT2D eigenvalue weighted by molar-refractivity contribution is -0.139. The molecular formula is C24H27NO3. The molecule has 0 saturated heterocycles. The van der Waals surface area contributed by atoms with Crippen LogP contribution in [0.4, 0.5) is 0 Å². The minimum Gasteiger partial charge on any atom is -0.496 e. The molecule has 28 heavy (non-hydrogen) atoms. The lowest BCUT2D eigenvalue weighted by Gasteiger charge is -2.22. The Morgan fingerprint density at radius 2 is 2.00 bits per heavy atom. The van der Waals surface area contributed by atoms with Crippen LogP contribution in [-0.2, 0) is 9.59 Å². The van der Waals surface area contributed by atoms with Crippen molar-refractivity contribution in [2.75, 3.05) is 13.7 Å². The van der Waals surface area contributed by atoms with Crippen LogP contribution in [0.25, 0.3) is 6.08 Å². The molecule has 1 aliphatic heterocycles. The molecule has 0 spiro atoms. The third kappa shape index (κ3) is 4.54. The van der Waals surface area contributed by atoms with Crippen LogP contribution in [0.5, 0.6) is 5.75 Å². The van der Waals surface area contributed by atoms with E-state index in [1.54, 1.807) is 13.2 Å². The molecular weight excluding hydrogens is 350 g/mol. The number of aryl methyl sites for hydroxylation is 1. The van der Waals surface area contributed by atoms with E-state index in [0.717, 1.165) is 35.3 Å². The molecule has 1 aliphatic carbocycles. The maximum absolute atomic E-state index is 12.7. The number of methoxy groups -OCH3 is 1. The van der Waals surface area contributed by atoms with Gasteiger partial charge in [0.05, 0.1) is 12.7 Å². The van der Waals surface area contributed by atoms with E-state index in [4.69, 9.17) is 4.74 Å². The Hall–Kier alpha value is -2.80. The Balaban J connectivity index is 1.70. The molecule has 4 nitrogen and oxygen atoms in total. The van der Waals surface area contributed by atoms with Crippen LogP contribution in [0.1, 0.15) is 48.8 Å². The predicted molar refractivity (Wildman–Crippen MR) is 111 cm³/mol. The van der Waals surface area contributed by atoms with Gasteiger partial charge >= 0.3 is 0 Å². The molecule has 146 valence electrons. The summed E-state index contributed by atoms with van der Waals surface area (Å²) in [6.07, 6.45) is 10.3. The van der Waals surface area contributed by atoms with Gasteiger partial charge in [0.15, 0.2) is 0 Å². The van der Waals surface area contributed by atoms with Gasteiger partial charge in [-0.05, 0) is 61.9 Å².